The van der Waals surface area contributed by atoms with Crippen LogP contribution in [0.2, 0.25) is 5.02 Å². The van der Waals surface area contributed by atoms with Gasteiger partial charge < -0.3 is 4.74 Å². The Bertz CT molecular complexity index is 631. The van der Waals surface area contributed by atoms with Gasteiger partial charge in [0.05, 0.1) is 4.92 Å². The molecule has 7 heteroatoms. The fourth-order valence-electron chi connectivity index (χ4n) is 1.44. The van der Waals surface area contributed by atoms with Gasteiger partial charge in [0.15, 0.2) is 0 Å². The lowest BCUT2D eigenvalue weighted by Crippen LogP contribution is -2.27. The van der Waals surface area contributed by atoms with Crippen molar-refractivity contribution in [1.82, 2.24) is 0 Å². The number of benzene rings is 1. The molecular weight excluding hydrogens is 298 g/mol. The Kier molecular flexibility index (Phi) is 4.85. The Morgan fingerprint density at radius 3 is 2.38 bits per heavy atom. The van der Waals surface area contributed by atoms with Gasteiger partial charge in [-0.3, -0.25) is 14.9 Å². The predicted octanol–water partition coefficient (Wildman–Crippen LogP) is 3.33. The largest absolute Gasteiger partial charge is 0.456 e. The van der Waals surface area contributed by atoms with Crippen molar-refractivity contribution in [3.63, 3.8) is 0 Å². The molecule has 0 aromatic heterocycles. The summed E-state index contributed by atoms with van der Waals surface area (Å²) in [6.07, 6.45) is 0. The highest BCUT2D eigenvalue weighted by Crippen LogP contribution is 2.25. The third-order valence-corrected chi connectivity index (χ3v) is 2.55. The summed E-state index contributed by atoms with van der Waals surface area (Å²) < 4.78 is 5.01. The molecule has 0 heterocycles. The van der Waals surface area contributed by atoms with Crippen LogP contribution in [0.1, 0.15) is 31.1 Å². The molecule has 0 bridgehead atoms. The fourth-order valence-corrected chi connectivity index (χ4v) is 1.62. The molecule has 0 amide bonds. The van der Waals surface area contributed by atoms with Gasteiger partial charge in [-0.2, -0.15) is 0 Å². The van der Waals surface area contributed by atoms with Gasteiger partial charge in [-0.05, 0) is 32.9 Å². The lowest BCUT2D eigenvalue weighted by molar-refractivity contribution is -0.385. The molecule has 6 nitrogen and oxygen atoms in total. The van der Waals surface area contributed by atoms with Crippen molar-refractivity contribution in [3.05, 3.63) is 51.1 Å². The van der Waals surface area contributed by atoms with Crippen molar-refractivity contribution in [3.8, 4) is 0 Å². The van der Waals surface area contributed by atoms with Crippen LogP contribution in [0.5, 0.6) is 0 Å². The first-order valence-electron chi connectivity index (χ1n) is 5.94. The second kappa shape index (κ2) is 6.05. The molecule has 0 aliphatic rings. The minimum atomic E-state index is -0.929. The maximum absolute atomic E-state index is 12.2. The highest BCUT2D eigenvalue weighted by Gasteiger charge is 2.28. The molecule has 0 fully saturated rings. The smallest absolute Gasteiger partial charge is 0.342 e. The number of nitro benzene ring substituents is 1. The number of ketones is 1. The summed E-state index contributed by atoms with van der Waals surface area (Å²) in [5.74, 6) is -1.82. The average Bonchev–Trinajstić information content (AvgIpc) is 2.34. The molecule has 0 unspecified atom stereocenters. The number of ether oxygens (including phenoxy) is 1. The topological polar surface area (TPSA) is 86.5 Å². The van der Waals surface area contributed by atoms with Crippen LogP contribution in [-0.4, -0.2) is 22.3 Å². The molecule has 0 aliphatic carbocycles. The number of nitro groups is 1. The van der Waals surface area contributed by atoms with E-state index >= 15 is 0 Å². The van der Waals surface area contributed by atoms with E-state index in [9.17, 15) is 19.7 Å². The summed E-state index contributed by atoms with van der Waals surface area (Å²) in [5, 5.41) is 11.1. The van der Waals surface area contributed by atoms with Gasteiger partial charge in [0, 0.05) is 11.1 Å². The molecule has 1 aromatic rings. The van der Waals surface area contributed by atoms with Gasteiger partial charge in [-0.15, -0.1) is 0 Å². The number of Topliss-reactive ketones (excluding diaryl/α,β-unsaturated/α-hetero) is 1. The zero-order valence-corrected chi connectivity index (χ0v) is 12.6. The second-order valence-electron chi connectivity index (χ2n) is 5.23. The van der Waals surface area contributed by atoms with E-state index in [0.717, 1.165) is 12.1 Å². The Morgan fingerprint density at radius 1 is 1.33 bits per heavy atom. The van der Waals surface area contributed by atoms with E-state index < -0.39 is 33.5 Å². The van der Waals surface area contributed by atoms with E-state index in [1.54, 1.807) is 20.8 Å². The number of halogens is 1. The maximum Gasteiger partial charge on any atom is 0.342 e. The van der Waals surface area contributed by atoms with Gasteiger partial charge >= 0.3 is 5.97 Å². The lowest BCUT2D eigenvalue weighted by atomic mass is 10.0. The van der Waals surface area contributed by atoms with Crippen LogP contribution in [0.25, 0.3) is 0 Å². The number of carbonyl (C=O) groups is 2. The first-order chi connectivity index (χ1) is 9.53. The van der Waals surface area contributed by atoms with E-state index in [4.69, 9.17) is 16.3 Å². The van der Waals surface area contributed by atoms with Crippen LogP contribution >= 0.6 is 11.6 Å². The lowest BCUT2D eigenvalue weighted by Gasteiger charge is -2.19. The summed E-state index contributed by atoms with van der Waals surface area (Å²) in [7, 11) is 0. The van der Waals surface area contributed by atoms with Gasteiger partial charge in [0.1, 0.15) is 16.7 Å². The third-order valence-electron chi connectivity index (χ3n) is 2.32. The summed E-state index contributed by atoms with van der Waals surface area (Å²) in [6.45, 7) is 8.24. The summed E-state index contributed by atoms with van der Waals surface area (Å²) in [6, 6.07) is 3.50. The van der Waals surface area contributed by atoms with Crippen molar-refractivity contribution in [2.75, 3.05) is 0 Å². The number of hydrogen-bond acceptors (Lipinski definition) is 5. The van der Waals surface area contributed by atoms with Crippen LogP contribution < -0.4 is 0 Å². The highest BCUT2D eigenvalue weighted by molar-refractivity contribution is 6.32. The normalized spacial score (nSPS) is 10.9. The van der Waals surface area contributed by atoms with Crippen LogP contribution in [0.4, 0.5) is 5.69 Å². The molecule has 1 aromatic carbocycles. The number of carbonyl (C=O) groups excluding carboxylic acids is 2. The standard InChI is InChI=1S/C14H14ClNO5/c1-8(13(18)21-14(2,3)4)12(17)10-7-9(15)5-6-11(10)16(19)20/h5-7H,1H2,2-4H3. The van der Waals surface area contributed by atoms with Gasteiger partial charge in [-0.1, -0.05) is 18.2 Å². The van der Waals surface area contributed by atoms with Crippen LogP contribution in [0.15, 0.2) is 30.4 Å². The maximum atomic E-state index is 12.2. The summed E-state index contributed by atoms with van der Waals surface area (Å²) in [5.41, 5.74) is -2.05. The van der Waals surface area contributed by atoms with Crippen LogP contribution in [0, 0.1) is 10.1 Å². The summed E-state index contributed by atoms with van der Waals surface area (Å²) >= 11 is 5.74. The van der Waals surface area contributed by atoms with Gasteiger partial charge in [-0.25, -0.2) is 4.79 Å². The first-order valence-corrected chi connectivity index (χ1v) is 6.31. The third kappa shape index (κ3) is 4.39. The Morgan fingerprint density at radius 2 is 1.90 bits per heavy atom. The molecule has 0 saturated heterocycles. The van der Waals surface area contributed by atoms with Crippen molar-refractivity contribution >= 4 is 29.0 Å². The number of esters is 1. The van der Waals surface area contributed by atoms with Crippen molar-refractivity contribution in [2.45, 2.75) is 26.4 Å². The number of rotatable bonds is 4. The Hall–Kier alpha value is -2.21. The second-order valence-corrected chi connectivity index (χ2v) is 5.66. The van der Waals surface area contributed by atoms with E-state index in [2.05, 4.69) is 6.58 Å². The number of nitrogens with zero attached hydrogens (tertiary/aromatic N) is 1. The zero-order valence-electron chi connectivity index (χ0n) is 11.8. The average molecular weight is 312 g/mol. The van der Waals surface area contributed by atoms with Crippen molar-refractivity contribution in [2.24, 2.45) is 0 Å². The van der Waals surface area contributed by atoms with Crippen LogP contribution in [-0.2, 0) is 9.53 Å². The van der Waals surface area contributed by atoms with E-state index in [0.29, 0.717) is 0 Å². The highest BCUT2D eigenvalue weighted by atomic mass is 35.5. The number of hydrogen-bond donors (Lipinski definition) is 0. The van der Waals surface area contributed by atoms with E-state index in [1.165, 1.54) is 6.07 Å². The molecule has 0 aliphatic heterocycles. The Labute approximate surface area is 126 Å². The molecule has 0 radical (unpaired) electrons. The summed E-state index contributed by atoms with van der Waals surface area (Å²) in [4.78, 5) is 34.2. The quantitative estimate of drug-likeness (QED) is 0.162. The monoisotopic (exact) mass is 311 g/mol. The minimum absolute atomic E-state index is 0.140. The molecule has 0 N–H and O–H groups in total. The SMILES string of the molecule is C=C(C(=O)OC(C)(C)C)C(=O)c1cc(Cl)ccc1[N+](=O)[O-]. The molecule has 0 spiro atoms. The molecule has 0 atom stereocenters. The molecule has 0 saturated carbocycles. The minimum Gasteiger partial charge on any atom is -0.456 e. The molecular formula is C14H14ClNO5. The van der Waals surface area contributed by atoms with Crippen LogP contribution in [0.3, 0.4) is 0 Å². The van der Waals surface area contributed by atoms with E-state index in [1.807, 2.05) is 0 Å². The Balaban J connectivity index is 3.14. The first kappa shape index (κ1) is 16.8. The molecule has 112 valence electrons. The zero-order chi connectivity index (χ0) is 16.4. The van der Waals surface area contributed by atoms with Crippen molar-refractivity contribution < 1.29 is 19.2 Å². The van der Waals surface area contributed by atoms with Crippen molar-refractivity contribution in [1.29, 1.82) is 0 Å². The molecule has 21 heavy (non-hydrogen) atoms. The fraction of sp³-hybridized carbons (Fsp3) is 0.286. The van der Waals surface area contributed by atoms with Gasteiger partial charge in [0.25, 0.3) is 5.69 Å². The molecule has 1 rings (SSSR count). The predicted molar refractivity (Wildman–Crippen MR) is 77.4 cm³/mol. The van der Waals surface area contributed by atoms with Gasteiger partial charge in [0.2, 0.25) is 5.78 Å². The van der Waals surface area contributed by atoms with E-state index in [-0.39, 0.29) is 10.6 Å².